The molecule has 0 saturated carbocycles. The number of pyridine rings is 1. The summed E-state index contributed by atoms with van der Waals surface area (Å²) in [5.41, 5.74) is 5.48. The fourth-order valence-corrected chi connectivity index (χ4v) is 8.53. The third-order valence-corrected chi connectivity index (χ3v) is 12.0. The number of carbonyl (C=O) groups excluding carboxylic acids is 1. The Morgan fingerprint density at radius 2 is 1.26 bits per heavy atom. The zero-order valence-electron chi connectivity index (χ0n) is 36.8. The van der Waals surface area contributed by atoms with Crippen LogP contribution in [0.25, 0.3) is 64.8 Å². The Hall–Kier alpha value is -3.85. The molecule has 4 heteroatoms. The van der Waals surface area contributed by atoms with E-state index in [-0.39, 0.29) is 59.7 Å². The van der Waals surface area contributed by atoms with Gasteiger partial charge in [0.1, 0.15) is 0 Å². The minimum absolute atomic E-state index is 0. The molecule has 1 heterocycles. The second-order valence-electron chi connectivity index (χ2n) is 19.5. The first-order valence-electron chi connectivity index (χ1n) is 21.1. The van der Waals surface area contributed by atoms with Crippen molar-refractivity contribution in [2.45, 2.75) is 133 Å². The molecule has 7 rings (SSSR count). The second-order valence-corrected chi connectivity index (χ2v) is 19.5. The SMILES string of the molecule is CC(C)(C)Cc1ccc2cc3c([c-]c2c1)c1nccc2c4ccc(C(C)(C)C)cc4c4cc(C(C)(C)C)cc3c4c21.CCC(CC)C(=O)/C=C(\O)C(CC)CC.[Ir]. The van der Waals surface area contributed by atoms with E-state index < -0.39 is 0 Å². The number of benzene rings is 6. The monoisotopic (exact) mass is 939 g/mol. The molecule has 1 aromatic heterocycles. The van der Waals surface area contributed by atoms with Crippen molar-refractivity contribution in [3.05, 3.63) is 101 Å². The van der Waals surface area contributed by atoms with Crippen LogP contribution in [0.2, 0.25) is 0 Å². The zero-order chi connectivity index (χ0) is 40.9. The van der Waals surface area contributed by atoms with Gasteiger partial charge in [-0.3, -0.25) is 9.78 Å². The van der Waals surface area contributed by atoms with Crippen LogP contribution in [-0.4, -0.2) is 15.9 Å². The van der Waals surface area contributed by atoms with Crippen molar-refractivity contribution in [1.29, 1.82) is 0 Å². The van der Waals surface area contributed by atoms with Crippen molar-refractivity contribution < 1.29 is 30.0 Å². The van der Waals surface area contributed by atoms with Gasteiger partial charge in [0.25, 0.3) is 0 Å². The first-order valence-corrected chi connectivity index (χ1v) is 21.1. The van der Waals surface area contributed by atoms with Crippen LogP contribution in [0.5, 0.6) is 0 Å². The van der Waals surface area contributed by atoms with Gasteiger partial charge in [0.05, 0.1) is 5.76 Å². The molecule has 0 fully saturated rings. The van der Waals surface area contributed by atoms with E-state index in [1.54, 1.807) is 0 Å². The quantitative estimate of drug-likeness (QED) is 0.0543. The molecule has 3 nitrogen and oxygen atoms in total. The molecule has 0 aliphatic heterocycles. The fraction of sp³-hybridized carbons (Fsp3) is 0.434. The Labute approximate surface area is 355 Å². The molecule has 1 radical (unpaired) electrons. The summed E-state index contributed by atoms with van der Waals surface area (Å²) in [6.07, 6.45) is 7.94. The summed E-state index contributed by atoms with van der Waals surface area (Å²) in [5, 5.41) is 23.7. The smallest absolute Gasteiger partial charge is 0.162 e. The van der Waals surface area contributed by atoms with Gasteiger partial charge in [-0.15, -0.1) is 23.6 Å². The van der Waals surface area contributed by atoms with Crippen LogP contribution >= 0.6 is 0 Å². The van der Waals surface area contributed by atoms with E-state index in [0.717, 1.165) is 43.0 Å². The number of carbonyl (C=O) groups is 1. The molecule has 0 spiro atoms. The van der Waals surface area contributed by atoms with E-state index >= 15 is 0 Å². The fourth-order valence-electron chi connectivity index (χ4n) is 8.53. The molecule has 7 aromatic rings. The topological polar surface area (TPSA) is 50.2 Å². The summed E-state index contributed by atoms with van der Waals surface area (Å²) in [4.78, 5) is 16.8. The minimum atomic E-state index is 0. The standard InChI is InChI=1S/C40H40N.C13H24O2.Ir/c1-38(2,3)22-23-10-11-24-17-30-32-20-27(40(7,8)9)21-33-31-19-26(39(4,5)6)12-13-28(31)29-14-15-41-37(36(29)35(32)33)34(30)18-25(24)16-23;1-5-10(6-2)12(14)9-13(15)11(7-3)8-4;/h10-17,19-21H,22H2,1-9H3;9-11,14H,5-8H2,1-4H3;/q-1;;/b;12-9-;. The largest absolute Gasteiger partial charge is 0.512 e. The van der Waals surface area contributed by atoms with Crippen molar-refractivity contribution >= 4 is 70.5 Å². The van der Waals surface area contributed by atoms with E-state index in [1.807, 2.05) is 33.9 Å². The van der Waals surface area contributed by atoms with Crippen LogP contribution < -0.4 is 0 Å². The van der Waals surface area contributed by atoms with Gasteiger partial charge in [0.2, 0.25) is 0 Å². The van der Waals surface area contributed by atoms with Crippen molar-refractivity contribution in [3.63, 3.8) is 0 Å². The summed E-state index contributed by atoms with van der Waals surface area (Å²) < 4.78 is 0. The van der Waals surface area contributed by atoms with Gasteiger partial charge in [-0.1, -0.05) is 148 Å². The molecular weight excluding hydrogens is 875 g/mol. The van der Waals surface area contributed by atoms with Gasteiger partial charge in [0, 0.05) is 49.7 Å². The van der Waals surface area contributed by atoms with E-state index in [2.05, 4.69) is 129 Å². The number of hydrogen-bond donors (Lipinski definition) is 1. The Balaban J connectivity index is 0.000000333. The minimum Gasteiger partial charge on any atom is -0.512 e. The number of rotatable bonds is 8. The van der Waals surface area contributed by atoms with Gasteiger partial charge in [0.15, 0.2) is 5.78 Å². The van der Waals surface area contributed by atoms with E-state index in [1.165, 1.54) is 76.6 Å². The van der Waals surface area contributed by atoms with Crippen molar-refractivity contribution in [2.75, 3.05) is 0 Å². The Bertz CT molecular complexity index is 2580. The van der Waals surface area contributed by atoms with Gasteiger partial charge >= 0.3 is 0 Å². The van der Waals surface area contributed by atoms with Gasteiger partial charge in [-0.2, -0.15) is 0 Å². The van der Waals surface area contributed by atoms with Crippen molar-refractivity contribution in [2.24, 2.45) is 17.3 Å². The normalized spacial score (nSPS) is 13.1. The van der Waals surface area contributed by atoms with Crippen LogP contribution in [0.1, 0.15) is 132 Å². The number of fused-ring (bicyclic) bond motifs is 7. The Morgan fingerprint density at radius 1 is 0.667 bits per heavy atom. The summed E-state index contributed by atoms with van der Waals surface area (Å²) in [7, 11) is 0. The molecule has 6 aromatic carbocycles. The van der Waals surface area contributed by atoms with Crippen molar-refractivity contribution in [1.82, 2.24) is 4.98 Å². The third kappa shape index (κ3) is 8.94. The van der Waals surface area contributed by atoms with Gasteiger partial charge in [-0.25, -0.2) is 0 Å². The van der Waals surface area contributed by atoms with Crippen LogP contribution in [-0.2, 0) is 42.2 Å². The summed E-state index contributed by atoms with van der Waals surface area (Å²) in [6, 6.07) is 27.4. The number of ketones is 1. The number of nitrogens with zero attached hydrogens (tertiary/aromatic N) is 1. The zero-order valence-corrected chi connectivity index (χ0v) is 39.1. The molecule has 0 bridgehead atoms. The second kappa shape index (κ2) is 16.8. The molecule has 0 amide bonds. The Morgan fingerprint density at radius 3 is 1.84 bits per heavy atom. The predicted octanol–water partition coefficient (Wildman–Crippen LogP) is 15.3. The number of aliphatic hydroxyl groups excluding tert-OH is 1. The molecule has 303 valence electrons. The molecular formula is C53H64IrNO2-. The first kappa shape index (κ1) is 44.3. The van der Waals surface area contributed by atoms with Crippen LogP contribution in [0.3, 0.4) is 0 Å². The maximum absolute atomic E-state index is 11.7. The predicted molar refractivity (Wildman–Crippen MR) is 244 cm³/mol. The molecule has 0 atom stereocenters. The Kier molecular flexibility index (Phi) is 13.0. The maximum atomic E-state index is 11.7. The number of aliphatic hydroxyl groups is 1. The summed E-state index contributed by atoms with van der Waals surface area (Å²) in [6.45, 7) is 28.9. The summed E-state index contributed by atoms with van der Waals surface area (Å²) >= 11 is 0. The summed E-state index contributed by atoms with van der Waals surface area (Å²) in [5.74, 6) is 0.547. The molecule has 0 saturated heterocycles. The van der Waals surface area contributed by atoms with Gasteiger partial charge in [-0.05, 0) is 109 Å². The number of allylic oxidation sites excluding steroid dienone is 2. The van der Waals surface area contributed by atoms with Crippen LogP contribution in [0, 0.1) is 23.3 Å². The molecule has 0 unspecified atom stereocenters. The molecule has 57 heavy (non-hydrogen) atoms. The van der Waals surface area contributed by atoms with Gasteiger partial charge < -0.3 is 5.11 Å². The third-order valence-electron chi connectivity index (χ3n) is 12.0. The molecule has 0 aliphatic carbocycles. The molecule has 0 aliphatic rings. The van der Waals surface area contributed by atoms with E-state index in [9.17, 15) is 9.90 Å². The number of hydrogen-bond acceptors (Lipinski definition) is 3. The van der Waals surface area contributed by atoms with Crippen LogP contribution in [0.4, 0.5) is 0 Å². The maximum Gasteiger partial charge on any atom is 0.162 e. The van der Waals surface area contributed by atoms with E-state index in [0.29, 0.717) is 0 Å². The average Bonchev–Trinajstić information content (AvgIpc) is 3.13. The average molecular weight is 939 g/mol. The van der Waals surface area contributed by atoms with Crippen LogP contribution in [0.15, 0.2) is 78.7 Å². The van der Waals surface area contributed by atoms with Crippen molar-refractivity contribution in [3.8, 4) is 0 Å². The molecule has 1 N–H and O–H groups in total. The number of aromatic nitrogens is 1. The first-order chi connectivity index (χ1) is 26.3. The van der Waals surface area contributed by atoms with E-state index in [4.69, 9.17) is 4.98 Å².